The molecule has 1 aromatic heterocycles. The van der Waals surface area contributed by atoms with Gasteiger partial charge in [-0.2, -0.15) is 0 Å². The molecule has 64 valence electrons. The fourth-order valence-corrected chi connectivity index (χ4v) is 3.08. The van der Waals surface area contributed by atoms with E-state index >= 15 is 0 Å². The van der Waals surface area contributed by atoms with Crippen molar-refractivity contribution in [3.63, 3.8) is 0 Å². The van der Waals surface area contributed by atoms with Gasteiger partial charge in [0.25, 0.3) is 0 Å². The molecule has 0 spiro atoms. The third-order valence-corrected chi connectivity index (χ3v) is 3.86. The van der Waals surface area contributed by atoms with Crippen LogP contribution in [0.1, 0.15) is 5.56 Å². The molecule has 2 nitrogen and oxygen atoms in total. The second kappa shape index (κ2) is 2.75. The van der Waals surface area contributed by atoms with Gasteiger partial charge in [-0.15, -0.1) is 11.3 Å². The Morgan fingerprint density at radius 3 is 3.31 bits per heavy atom. The van der Waals surface area contributed by atoms with Crippen LogP contribution in [0.4, 0.5) is 0 Å². The summed E-state index contributed by atoms with van der Waals surface area (Å²) in [5.41, 5.74) is 4.26. The number of aromatic nitrogens is 1. The Morgan fingerprint density at radius 2 is 2.31 bits per heavy atom. The number of nitrogens with one attached hydrogen (secondary N) is 1. The van der Waals surface area contributed by atoms with Crippen LogP contribution in [0.25, 0.3) is 16.3 Å². The van der Waals surface area contributed by atoms with E-state index in [1.54, 1.807) is 23.3 Å². The van der Waals surface area contributed by atoms with Crippen LogP contribution in [0, 0.1) is 0 Å². The van der Waals surface area contributed by atoms with Crippen molar-refractivity contribution in [3.05, 3.63) is 29.4 Å². The van der Waals surface area contributed by atoms with Gasteiger partial charge in [0.1, 0.15) is 0 Å². The summed E-state index contributed by atoms with van der Waals surface area (Å²) >= 11 is 3.35. The van der Waals surface area contributed by atoms with Gasteiger partial charge >= 0.3 is 0 Å². The maximum atomic E-state index is 4.28. The van der Waals surface area contributed by atoms with Gasteiger partial charge in [0.05, 0.1) is 20.6 Å². The van der Waals surface area contributed by atoms with Crippen molar-refractivity contribution < 1.29 is 0 Å². The van der Waals surface area contributed by atoms with Crippen LogP contribution in [0.2, 0.25) is 0 Å². The molecule has 4 heteroatoms. The number of thiazole rings is 1. The molecule has 0 aliphatic carbocycles. The fourth-order valence-electron chi connectivity index (χ4n) is 1.37. The zero-order valence-corrected chi connectivity index (χ0v) is 8.28. The summed E-state index contributed by atoms with van der Waals surface area (Å²) in [7, 11) is 0. The molecule has 0 saturated heterocycles. The molecule has 1 N–H and O–H groups in total. The Hall–Kier alpha value is -1.00. The lowest BCUT2D eigenvalue weighted by Crippen LogP contribution is -1.97. The Labute approximate surface area is 83.8 Å². The normalized spacial score (nSPS) is 14.2. The lowest BCUT2D eigenvalue weighted by atomic mass is 10.2. The highest BCUT2D eigenvalue weighted by atomic mass is 32.2. The summed E-state index contributed by atoms with van der Waals surface area (Å²) in [6.45, 7) is 0. The van der Waals surface area contributed by atoms with E-state index in [9.17, 15) is 0 Å². The summed E-state index contributed by atoms with van der Waals surface area (Å²) in [6.07, 6.45) is 4.05. The second-order valence-corrected chi connectivity index (χ2v) is 4.44. The highest BCUT2D eigenvalue weighted by molar-refractivity contribution is 7.98. The van der Waals surface area contributed by atoms with E-state index in [4.69, 9.17) is 0 Å². The highest BCUT2D eigenvalue weighted by Crippen LogP contribution is 2.34. The van der Waals surface area contributed by atoms with Crippen LogP contribution in [0.15, 0.2) is 28.7 Å². The van der Waals surface area contributed by atoms with Crippen molar-refractivity contribution in [2.45, 2.75) is 4.90 Å². The Bertz CT molecular complexity index is 487. The first kappa shape index (κ1) is 7.41. The molecule has 13 heavy (non-hydrogen) atoms. The van der Waals surface area contributed by atoms with Gasteiger partial charge in [-0.25, -0.2) is 4.98 Å². The number of fused-ring (bicyclic) bond motifs is 3. The first-order valence-electron chi connectivity index (χ1n) is 3.90. The largest absolute Gasteiger partial charge is 0.332 e. The molecule has 0 radical (unpaired) electrons. The number of hydrogen-bond donors (Lipinski definition) is 1. The van der Waals surface area contributed by atoms with Gasteiger partial charge in [-0.3, -0.25) is 0 Å². The lowest BCUT2D eigenvalue weighted by Gasteiger charge is -2.10. The number of hydrogen-bond acceptors (Lipinski definition) is 4. The predicted octanol–water partition coefficient (Wildman–Crippen LogP) is 2.88. The van der Waals surface area contributed by atoms with Crippen LogP contribution in [0.3, 0.4) is 0 Å². The van der Waals surface area contributed by atoms with Crippen LogP contribution in [-0.4, -0.2) is 4.98 Å². The third-order valence-electron chi connectivity index (χ3n) is 1.98. The quantitative estimate of drug-likeness (QED) is 0.671. The first-order chi connectivity index (χ1) is 6.45. The van der Waals surface area contributed by atoms with E-state index < -0.39 is 0 Å². The van der Waals surface area contributed by atoms with E-state index in [1.165, 1.54) is 15.2 Å². The van der Waals surface area contributed by atoms with Crippen LogP contribution < -0.4 is 4.72 Å². The van der Waals surface area contributed by atoms with Gasteiger partial charge in [0.2, 0.25) is 0 Å². The molecule has 0 amide bonds. The van der Waals surface area contributed by atoms with Gasteiger partial charge in [0.15, 0.2) is 0 Å². The smallest absolute Gasteiger partial charge is 0.0824 e. The molecular formula is C9H6N2S2. The van der Waals surface area contributed by atoms with Crippen LogP contribution >= 0.6 is 23.3 Å². The van der Waals surface area contributed by atoms with Crippen molar-refractivity contribution in [1.82, 2.24) is 9.71 Å². The standard InChI is InChI=1S/C9H6N2S2/c1-2-7-9(12-5-10-7)8-6(1)3-4-11-13-8/h1-5,11H. The van der Waals surface area contributed by atoms with Gasteiger partial charge in [-0.05, 0) is 29.7 Å². The van der Waals surface area contributed by atoms with Crippen molar-refractivity contribution in [3.8, 4) is 0 Å². The van der Waals surface area contributed by atoms with Gasteiger partial charge in [-0.1, -0.05) is 6.07 Å². The second-order valence-electron chi connectivity index (χ2n) is 2.74. The minimum absolute atomic E-state index is 1.09. The van der Waals surface area contributed by atoms with Crippen molar-refractivity contribution in [2.75, 3.05) is 0 Å². The topological polar surface area (TPSA) is 24.9 Å². The highest BCUT2D eigenvalue weighted by Gasteiger charge is 2.10. The summed E-state index contributed by atoms with van der Waals surface area (Å²) in [5, 5.41) is 0. The zero-order valence-electron chi connectivity index (χ0n) is 6.65. The molecule has 2 aromatic rings. The zero-order chi connectivity index (χ0) is 8.67. The maximum Gasteiger partial charge on any atom is 0.0824 e. The van der Waals surface area contributed by atoms with Gasteiger partial charge < -0.3 is 4.72 Å². The van der Waals surface area contributed by atoms with E-state index in [0.717, 1.165) is 5.52 Å². The molecule has 0 saturated carbocycles. The minimum Gasteiger partial charge on any atom is -0.332 e. The maximum absolute atomic E-state index is 4.28. The minimum atomic E-state index is 1.09. The molecule has 1 aliphatic rings. The van der Waals surface area contributed by atoms with E-state index in [2.05, 4.69) is 27.9 Å². The average Bonchev–Trinajstić information content (AvgIpc) is 2.65. The summed E-state index contributed by atoms with van der Waals surface area (Å²) in [5.74, 6) is 0. The first-order valence-corrected chi connectivity index (χ1v) is 5.60. The average molecular weight is 206 g/mol. The number of rotatable bonds is 0. The number of benzene rings is 1. The Kier molecular flexibility index (Phi) is 1.57. The Balaban J connectivity index is 2.42. The predicted molar refractivity (Wildman–Crippen MR) is 57.6 cm³/mol. The van der Waals surface area contributed by atoms with Crippen molar-refractivity contribution in [1.29, 1.82) is 0 Å². The lowest BCUT2D eigenvalue weighted by molar-refractivity contribution is 1.35. The summed E-state index contributed by atoms with van der Waals surface area (Å²) in [4.78, 5) is 5.57. The van der Waals surface area contributed by atoms with E-state index in [0.29, 0.717) is 0 Å². The monoisotopic (exact) mass is 206 g/mol. The molecule has 0 atom stereocenters. The van der Waals surface area contributed by atoms with E-state index in [1.807, 2.05) is 11.7 Å². The van der Waals surface area contributed by atoms with Crippen LogP contribution in [0.5, 0.6) is 0 Å². The molecule has 0 bridgehead atoms. The molecule has 1 aliphatic heterocycles. The van der Waals surface area contributed by atoms with Crippen LogP contribution in [-0.2, 0) is 0 Å². The van der Waals surface area contributed by atoms with Crippen molar-refractivity contribution in [2.24, 2.45) is 0 Å². The van der Waals surface area contributed by atoms with E-state index in [-0.39, 0.29) is 0 Å². The van der Waals surface area contributed by atoms with Crippen molar-refractivity contribution >= 4 is 39.6 Å². The number of nitrogens with zero attached hydrogens (tertiary/aromatic N) is 1. The molecule has 0 fully saturated rings. The molecule has 2 heterocycles. The van der Waals surface area contributed by atoms with Gasteiger partial charge in [0, 0.05) is 6.20 Å². The Morgan fingerprint density at radius 1 is 1.31 bits per heavy atom. The molecule has 0 unspecified atom stereocenters. The summed E-state index contributed by atoms with van der Waals surface area (Å²) in [6, 6.07) is 4.18. The fraction of sp³-hybridized carbons (Fsp3) is 0. The molecular weight excluding hydrogens is 200 g/mol. The molecule has 1 aromatic carbocycles. The third kappa shape index (κ3) is 1.06. The summed E-state index contributed by atoms with van der Waals surface area (Å²) < 4.78 is 4.42. The SMILES string of the molecule is C1=Cc2ccc3ncsc3c2SN1. The molecule has 3 rings (SSSR count).